The van der Waals surface area contributed by atoms with Crippen LogP contribution in [0, 0.1) is 5.92 Å². The van der Waals surface area contributed by atoms with Crippen LogP contribution in [0.2, 0.25) is 5.02 Å². The molecule has 2 saturated heterocycles. The van der Waals surface area contributed by atoms with Gasteiger partial charge < -0.3 is 19.9 Å². The molecule has 2 unspecified atom stereocenters. The summed E-state index contributed by atoms with van der Waals surface area (Å²) in [5.41, 5.74) is 1.07. The van der Waals surface area contributed by atoms with Gasteiger partial charge >= 0.3 is 0 Å². The van der Waals surface area contributed by atoms with E-state index in [-0.39, 0.29) is 30.1 Å². The smallest absolute Gasteiger partial charge is 0.194 e. The molecule has 0 amide bonds. The predicted octanol–water partition coefficient (Wildman–Crippen LogP) is 4.03. The van der Waals surface area contributed by atoms with Crippen LogP contribution in [0.4, 0.5) is 0 Å². The molecule has 5 nitrogen and oxygen atoms in total. The van der Waals surface area contributed by atoms with Crippen LogP contribution in [-0.2, 0) is 4.74 Å². The third kappa shape index (κ3) is 6.75. The molecule has 158 valence electrons. The van der Waals surface area contributed by atoms with E-state index in [0.29, 0.717) is 6.54 Å². The van der Waals surface area contributed by atoms with E-state index in [0.717, 1.165) is 42.1 Å². The number of likely N-dealkylation sites (tertiary alicyclic amines) is 2. The minimum atomic E-state index is -0.0830. The molecular formula is C21H34ClIN4O. The Morgan fingerprint density at radius 3 is 2.79 bits per heavy atom. The zero-order valence-electron chi connectivity index (χ0n) is 17.1. The summed E-state index contributed by atoms with van der Waals surface area (Å²) in [6.45, 7) is 9.56. The van der Waals surface area contributed by atoms with Crippen LogP contribution < -0.4 is 5.32 Å². The van der Waals surface area contributed by atoms with Crippen LogP contribution >= 0.6 is 35.6 Å². The monoisotopic (exact) mass is 520 g/mol. The molecule has 0 aliphatic carbocycles. The number of guanidine groups is 1. The third-order valence-electron chi connectivity index (χ3n) is 5.55. The summed E-state index contributed by atoms with van der Waals surface area (Å²) >= 11 is 6.13. The molecular weight excluding hydrogens is 487 g/mol. The Hall–Kier alpha value is -0.570. The number of nitrogens with one attached hydrogen (secondary N) is 1. The topological polar surface area (TPSA) is 40.1 Å². The van der Waals surface area contributed by atoms with E-state index in [1.54, 1.807) is 7.11 Å². The normalized spacial score (nSPS) is 21.6. The highest BCUT2D eigenvalue weighted by molar-refractivity contribution is 14.0. The van der Waals surface area contributed by atoms with Crippen molar-refractivity contribution in [2.45, 2.75) is 32.3 Å². The molecule has 1 aromatic rings. The molecule has 1 N–H and O–H groups in total. The number of rotatable bonds is 7. The van der Waals surface area contributed by atoms with Gasteiger partial charge in [-0.05, 0) is 62.9 Å². The van der Waals surface area contributed by atoms with Gasteiger partial charge in [0.1, 0.15) is 6.10 Å². The Kier molecular flexibility index (Phi) is 10.3. The molecule has 2 atom stereocenters. The molecule has 7 heteroatoms. The lowest BCUT2D eigenvalue weighted by Crippen LogP contribution is -2.41. The van der Waals surface area contributed by atoms with Crippen molar-refractivity contribution < 1.29 is 4.74 Å². The van der Waals surface area contributed by atoms with E-state index in [1.165, 1.54) is 38.9 Å². The summed E-state index contributed by atoms with van der Waals surface area (Å²) in [7, 11) is 1.73. The van der Waals surface area contributed by atoms with Crippen LogP contribution in [0.1, 0.15) is 37.9 Å². The molecule has 3 rings (SSSR count). The quantitative estimate of drug-likeness (QED) is 0.335. The summed E-state index contributed by atoms with van der Waals surface area (Å²) in [6, 6.07) is 7.85. The predicted molar refractivity (Wildman–Crippen MR) is 128 cm³/mol. The van der Waals surface area contributed by atoms with Crippen LogP contribution in [0.3, 0.4) is 0 Å². The number of nitrogens with zero attached hydrogens (tertiary/aromatic N) is 3. The Balaban J connectivity index is 0.00000280. The maximum atomic E-state index is 6.13. The van der Waals surface area contributed by atoms with Crippen LogP contribution in [0.15, 0.2) is 29.3 Å². The molecule has 2 aliphatic rings. The standard InChI is InChI=1S/C21H33ClN4O.HI/c1-3-23-21(24-14-20(27-2)18-7-6-8-19(22)13-18)26-12-9-17(16-26)15-25-10-4-5-11-25;/h6-8,13,17,20H,3-5,9-12,14-16H2,1-2H3,(H,23,24);1H. The first-order valence-corrected chi connectivity index (χ1v) is 10.6. The van der Waals surface area contributed by atoms with E-state index in [1.807, 2.05) is 24.3 Å². The molecule has 2 heterocycles. The van der Waals surface area contributed by atoms with Gasteiger partial charge in [-0.15, -0.1) is 24.0 Å². The molecule has 0 radical (unpaired) electrons. The van der Waals surface area contributed by atoms with E-state index in [9.17, 15) is 0 Å². The number of aliphatic imine (C=N–C) groups is 1. The average Bonchev–Trinajstić information content (AvgIpc) is 3.34. The van der Waals surface area contributed by atoms with Crippen LogP contribution in [0.25, 0.3) is 0 Å². The Labute approximate surface area is 191 Å². The fourth-order valence-electron chi connectivity index (χ4n) is 4.12. The van der Waals surface area contributed by atoms with Gasteiger partial charge in [0.2, 0.25) is 0 Å². The molecule has 0 spiro atoms. The molecule has 2 aliphatic heterocycles. The maximum absolute atomic E-state index is 6.13. The minimum absolute atomic E-state index is 0. The van der Waals surface area contributed by atoms with Crippen LogP contribution in [0.5, 0.6) is 0 Å². The lowest BCUT2D eigenvalue weighted by atomic mass is 10.1. The summed E-state index contributed by atoms with van der Waals surface area (Å²) in [4.78, 5) is 9.92. The Morgan fingerprint density at radius 2 is 2.11 bits per heavy atom. The van der Waals surface area contributed by atoms with Gasteiger partial charge in [-0.25, -0.2) is 0 Å². The number of benzene rings is 1. The van der Waals surface area contributed by atoms with E-state index in [2.05, 4.69) is 22.0 Å². The van der Waals surface area contributed by atoms with Gasteiger partial charge in [0.05, 0.1) is 6.54 Å². The van der Waals surface area contributed by atoms with E-state index >= 15 is 0 Å². The minimum Gasteiger partial charge on any atom is -0.375 e. The van der Waals surface area contributed by atoms with Crippen molar-refractivity contribution in [3.05, 3.63) is 34.9 Å². The Bertz CT molecular complexity index is 624. The zero-order valence-corrected chi connectivity index (χ0v) is 20.2. The lowest BCUT2D eigenvalue weighted by molar-refractivity contribution is 0.110. The van der Waals surface area contributed by atoms with E-state index in [4.69, 9.17) is 21.3 Å². The van der Waals surface area contributed by atoms with Gasteiger partial charge in [0, 0.05) is 38.3 Å². The van der Waals surface area contributed by atoms with Gasteiger partial charge in [-0.2, -0.15) is 0 Å². The summed E-state index contributed by atoms with van der Waals surface area (Å²) in [5, 5.41) is 4.19. The first-order valence-electron chi connectivity index (χ1n) is 10.2. The van der Waals surface area contributed by atoms with Crippen molar-refractivity contribution in [3.8, 4) is 0 Å². The fourth-order valence-corrected chi connectivity index (χ4v) is 4.32. The average molecular weight is 521 g/mol. The van der Waals surface area contributed by atoms with Crippen molar-refractivity contribution in [1.29, 1.82) is 0 Å². The van der Waals surface area contributed by atoms with Crippen molar-refractivity contribution in [3.63, 3.8) is 0 Å². The largest absolute Gasteiger partial charge is 0.375 e. The number of hydrogen-bond acceptors (Lipinski definition) is 3. The third-order valence-corrected chi connectivity index (χ3v) is 5.78. The maximum Gasteiger partial charge on any atom is 0.194 e. The molecule has 1 aromatic carbocycles. The van der Waals surface area contributed by atoms with Crippen molar-refractivity contribution in [1.82, 2.24) is 15.1 Å². The zero-order chi connectivity index (χ0) is 19.1. The second-order valence-electron chi connectivity index (χ2n) is 7.58. The van der Waals surface area contributed by atoms with Gasteiger partial charge in [-0.3, -0.25) is 4.99 Å². The number of halogens is 2. The fraction of sp³-hybridized carbons (Fsp3) is 0.667. The molecule has 2 fully saturated rings. The number of hydrogen-bond donors (Lipinski definition) is 1. The summed E-state index contributed by atoms with van der Waals surface area (Å²) in [6.07, 6.45) is 3.90. The molecule has 0 saturated carbocycles. The second kappa shape index (κ2) is 12.2. The first-order chi connectivity index (χ1) is 13.2. The first kappa shape index (κ1) is 23.7. The van der Waals surface area contributed by atoms with Gasteiger partial charge in [-0.1, -0.05) is 23.7 Å². The van der Waals surface area contributed by atoms with E-state index < -0.39 is 0 Å². The van der Waals surface area contributed by atoms with Gasteiger partial charge in [0.15, 0.2) is 5.96 Å². The Morgan fingerprint density at radius 1 is 1.32 bits per heavy atom. The molecule has 0 bridgehead atoms. The highest BCUT2D eigenvalue weighted by atomic mass is 127. The second-order valence-corrected chi connectivity index (χ2v) is 8.02. The SMILES string of the molecule is CCNC(=NCC(OC)c1cccc(Cl)c1)N1CCC(CN2CCCC2)C1.I. The summed E-state index contributed by atoms with van der Waals surface area (Å²) < 4.78 is 5.67. The highest BCUT2D eigenvalue weighted by Gasteiger charge is 2.27. The highest BCUT2D eigenvalue weighted by Crippen LogP contribution is 2.22. The molecule has 28 heavy (non-hydrogen) atoms. The van der Waals surface area contributed by atoms with Crippen molar-refractivity contribution in [2.24, 2.45) is 10.9 Å². The van der Waals surface area contributed by atoms with Crippen molar-refractivity contribution >= 4 is 41.5 Å². The lowest BCUT2D eigenvalue weighted by Gasteiger charge is -2.24. The van der Waals surface area contributed by atoms with Gasteiger partial charge in [0.25, 0.3) is 0 Å². The summed E-state index contributed by atoms with van der Waals surface area (Å²) in [5.74, 6) is 1.75. The molecule has 0 aromatic heterocycles. The number of ether oxygens (including phenoxy) is 1. The van der Waals surface area contributed by atoms with Crippen molar-refractivity contribution in [2.75, 3.05) is 52.9 Å². The van der Waals surface area contributed by atoms with Crippen LogP contribution in [-0.4, -0.2) is 68.7 Å². The number of methoxy groups -OCH3 is 1.